The van der Waals surface area contributed by atoms with Crippen LogP contribution in [0.3, 0.4) is 0 Å². The molecule has 7 nitrogen and oxygen atoms in total. The summed E-state index contributed by atoms with van der Waals surface area (Å²) in [5.74, 6) is -0.257. The maximum Gasteiger partial charge on any atom is 0.248 e. The monoisotopic (exact) mass is 431 g/mol. The number of aromatic nitrogens is 1. The topological polar surface area (TPSA) is 102 Å². The van der Waals surface area contributed by atoms with Gasteiger partial charge in [-0.05, 0) is 55.0 Å². The van der Waals surface area contributed by atoms with E-state index >= 15 is 0 Å². The number of rotatable bonds is 5. The summed E-state index contributed by atoms with van der Waals surface area (Å²) in [5.41, 5.74) is 8.06. The van der Waals surface area contributed by atoms with Crippen molar-refractivity contribution in [2.24, 2.45) is 5.73 Å². The van der Waals surface area contributed by atoms with Crippen LogP contribution in [0.15, 0.2) is 64.1 Å². The molecule has 1 saturated heterocycles. The first kappa shape index (κ1) is 20.3. The third-order valence-electron chi connectivity index (χ3n) is 6.54. The van der Waals surface area contributed by atoms with Crippen molar-refractivity contribution in [3.8, 4) is 5.75 Å². The number of hydrogen-bond acceptors (Lipinski definition) is 5. The van der Waals surface area contributed by atoms with Crippen LogP contribution in [0.1, 0.15) is 34.8 Å². The van der Waals surface area contributed by atoms with E-state index in [0.29, 0.717) is 34.6 Å². The van der Waals surface area contributed by atoms with Gasteiger partial charge in [0.1, 0.15) is 11.3 Å². The van der Waals surface area contributed by atoms with Gasteiger partial charge in [-0.25, -0.2) is 0 Å². The highest BCUT2D eigenvalue weighted by Crippen LogP contribution is 2.30. The molecule has 1 fully saturated rings. The summed E-state index contributed by atoms with van der Waals surface area (Å²) >= 11 is 0. The largest absolute Gasteiger partial charge is 0.508 e. The zero-order chi connectivity index (χ0) is 22.2. The fraction of sp³-hybridized carbons (Fsp3) is 0.280. The van der Waals surface area contributed by atoms with E-state index in [4.69, 9.17) is 10.2 Å². The van der Waals surface area contributed by atoms with Gasteiger partial charge in [-0.2, -0.15) is 0 Å². The third-order valence-corrected chi connectivity index (χ3v) is 6.54. The molecule has 5 rings (SSSR count). The molecule has 4 aromatic rings. The van der Waals surface area contributed by atoms with E-state index in [0.717, 1.165) is 43.4 Å². The first-order valence-electron chi connectivity index (χ1n) is 10.9. The van der Waals surface area contributed by atoms with Gasteiger partial charge in [0.2, 0.25) is 5.91 Å². The van der Waals surface area contributed by atoms with Gasteiger partial charge in [0.05, 0.1) is 11.6 Å². The van der Waals surface area contributed by atoms with E-state index in [2.05, 4.69) is 21.7 Å². The van der Waals surface area contributed by atoms with Crippen molar-refractivity contribution >= 4 is 27.8 Å². The Morgan fingerprint density at radius 3 is 2.72 bits per heavy atom. The Labute approximate surface area is 184 Å². The van der Waals surface area contributed by atoms with Crippen molar-refractivity contribution in [1.29, 1.82) is 0 Å². The minimum absolute atomic E-state index is 0.105. The molecule has 0 unspecified atom stereocenters. The number of amides is 1. The smallest absolute Gasteiger partial charge is 0.248 e. The van der Waals surface area contributed by atoms with Crippen LogP contribution in [0.4, 0.5) is 0 Å². The second-order valence-electron chi connectivity index (χ2n) is 8.41. The van der Waals surface area contributed by atoms with Crippen LogP contribution in [-0.4, -0.2) is 40.1 Å². The molecule has 2 aromatic carbocycles. The molecule has 1 aliphatic rings. The number of hydrogen-bond donors (Lipinski definition) is 2. The predicted molar refractivity (Wildman–Crippen MR) is 123 cm³/mol. The average Bonchev–Trinajstić information content (AvgIpc) is 3.22. The SMILES string of the molecule is NC(=O)c1ccc2ccn(C3CCN(CCc4c(O)ccc5c(=O)ccoc45)CC3)c2c1. The van der Waals surface area contributed by atoms with Crippen molar-refractivity contribution in [3.05, 3.63) is 76.3 Å². The molecule has 2 aromatic heterocycles. The van der Waals surface area contributed by atoms with Crippen LogP contribution in [0.2, 0.25) is 0 Å². The zero-order valence-electron chi connectivity index (χ0n) is 17.7. The number of likely N-dealkylation sites (tertiary alicyclic amines) is 1. The minimum atomic E-state index is -0.415. The van der Waals surface area contributed by atoms with E-state index in [9.17, 15) is 14.7 Å². The lowest BCUT2D eigenvalue weighted by Gasteiger charge is -2.33. The summed E-state index contributed by atoms with van der Waals surface area (Å²) in [6, 6.07) is 12.6. The van der Waals surface area contributed by atoms with Crippen LogP contribution >= 0.6 is 0 Å². The quantitative estimate of drug-likeness (QED) is 0.504. The maximum absolute atomic E-state index is 12.1. The molecule has 0 atom stereocenters. The van der Waals surface area contributed by atoms with Crippen molar-refractivity contribution in [2.45, 2.75) is 25.3 Å². The average molecular weight is 431 g/mol. The normalized spacial score (nSPS) is 15.5. The highest BCUT2D eigenvalue weighted by Gasteiger charge is 2.22. The van der Waals surface area contributed by atoms with Crippen LogP contribution in [0.25, 0.3) is 21.9 Å². The Morgan fingerprint density at radius 1 is 1.12 bits per heavy atom. The molecule has 0 saturated carbocycles. The summed E-state index contributed by atoms with van der Waals surface area (Å²) in [6.07, 6.45) is 6.05. The first-order valence-corrected chi connectivity index (χ1v) is 10.9. The number of piperidine rings is 1. The minimum Gasteiger partial charge on any atom is -0.508 e. The molecule has 32 heavy (non-hydrogen) atoms. The van der Waals surface area contributed by atoms with Gasteiger partial charge < -0.3 is 24.7 Å². The molecular formula is C25H25N3O4. The number of phenolic OH excluding ortho intramolecular Hbond substituents is 1. The standard InChI is InChI=1S/C25H25N3O4/c26-25(31)17-2-1-16-5-13-28(21(16)15-17)18-6-10-27(11-7-18)12-8-20-22(29)4-3-19-23(30)9-14-32-24(19)20/h1-5,9,13-15,18,29H,6-8,10-12H2,(H2,26,31). The molecule has 1 aliphatic heterocycles. The first-order chi connectivity index (χ1) is 15.5. The third kappa shape index (κ3) is 3.65. The molecule has 3 N–H and O–H groups in total. The summed E-state index contributed by atoms with van der Waals surface area (Å²) in [4.78, 5) is 26.0. The molecule has 164 valence electrons. The van der Waals surface area contributed by atoms with Crippen molar-refractivity contribution < 1.29 is 14.3 Å². The number of nitrogens with two attached hydrogens (primary N) is 1. The van der Waals surface area contributed by atoms with E-state index in [1.807, 2.05) is 12.1 Å². The van der Waals surface area contributed by atoms with Gasteiger partial charge in [0.15, 0.2) is 5.43 Å². The Morgan fingerprint density at radius 2 is 1.94 bits per heavy atom. The van der Waals surface area contributed by atoms with Gasteiger partial charge in [0.25, 0.3) is 0 Å². The fourth-order valence-electron chi connectivity index (χ4n) is 4.75. The lowest BCUT2D eigenvalue weighted by atomic mass is 10.0. The van der Waals surface area contributed by atoms with Crippen molar-refractivity contribution in [3.63, 3.8) is 0 Å². The molecule has 0 aliphatic carbocycles. The van der Waals surface area contributed by atoms with E-state index < -0.39 is 5.91 Å². The summed E-state index contributed by atoms with van der Waals surface area (Å²) in [5, 5.41) is 11.9. The summed E-state index contributed by atoms with van der Waals surface area (Å²) in [6.45, 7) is 2.63. The zero-order valence-corrected chi connectivity index (χ0v) is 17.7. The van der Waals surface area contributed by atoms with Gasteiger partial charge in [-0.1, -0.05) is 6.07 Å². The Hall–Kier alpha value is -3.58. The molecule has 3 heterocycles. The number of phenols is 1. The highest BCUT2D eigenvalue weighted by molar-refractivity contribution is 5.97. The second-order valence-corrected chi connectivity index (χ2v) is 8.41. The van der Waals surface area contributed by atoms with Crippen LogP contribution < -0.4 is 11.2 Å². The molecule has 0 radical (unpaired) electrons. The fourth-order valence-corrected chi connectivity index (χ4v) is 4.75. The Balaban J connectivity index is 1.28. The molecule has 0 bridgehead atoms. The molecule has 1 amide bonds. The van der Waals surface area contributed by atoms with Crippen molar-refractivity contribution in [1.82, 2.24) is 9.47 Å². The Bertz CT molecular complexity index is 1360. The van der Waals surface area contributed by atoms with Crippen LogP contribution in [0.5, 0.6) is 5.75 Å². The van der Waals surface area contributed by atoms with Gasteiger partial charge in [-0.3, -0.25) is 9.59 Å². The van der Waals surface area contributed by atoms with E-state index in [1.165, 1.54) is 12.3 Å². The van der Waals surface area contributed by atoms with Gasteiger partial charge in [-0.15, -0.1) is 0 Å². The maximum atomic E-state index is 12.1. The van der Waals surface area contributed by atoms with Crippen LogP contribution in [0, 0.1) is 0 Å². The number of nitrogens with zero attached hydrogens (tertiary/aromatic N) is 2. The predicted octanol–water partition coefficient (Wildman–Crippen LogP) is 3.43. The number of benzene rings is 2. The molecular weight excluding hydrogens is 406 g/mol. The molecule has 7 heteroatoms. The van der Waals surface area contributed by atoms with E-state index in [-0.39, 0.29) is 11.2 Å². The van der Waals surface area contributed by atoms with E-state index in [1.54, 1.807) is 18.2 Å². The highest BCUT2D eigenvalue weighted by atomic mass is 16.3. The lowest BCUT2D eigenvalue weighted by molar-refractivity contribution is 0.100. The van der Waals surface area contributed by atoms with Gasteiger partial charge in [0, 0.05) is 54.6 Å². The second kappa shape index (κ2) is 8.16. The number of carbonyl (C=O) groups is 1. The number of fused-ring (bicyclic) bond motifs is 2. The summed E-state index contributed by atoms with van der Waals surface area (Å²) < 4.78 is 7.82. The lowest BCUT2D eigenvalue weighted by Crippen LogP contribution is -2.35. The molecule has 0 spiro atoms. The van der Waals surface area contributed by atoms with Gasteiger partial charge >= 0.3 is 0 Å². The Kier molecular flexibility index (Phi) is 5.19. The number of primary amides is 1. The van der Waals surface area contributed by atoms with Crippen LogP contribution in [-0.2, 0) is 6.42 Å². The summed E-state index contributed by atoms with van der Waals surface area (Å²) in [7, 11) is 0. The van der Waals surface area contributed by atoms with Crippen molar-refractivity contribution in [2.75, 3.05) is 19.6 Å². The number of aromatic hydroxyl groups is 1. The number of carbonyl (C=O) groups excluding carboxylic acids is 1.